The van der Waals surface area contributed by atoms with Crippen LogP contribution in [0.3, 0.4) is 0 Å². The molecule has 0 aromatic carbocycles. The van der Waals surface area contributed by atoms with E-state index in [4.69, 9.17) is 10.5 Å². The van der Waals surface area contributed by atoms with E-state index >= 15 is 0 Å². The summed E-state index contributed by atoms with van der Waals surface area (Å²) in [7, 11) is 0. The van der Waals surface area contributed by atoms with Crippen LogP contribution in [0.4, 0.5) is 0 Å². The van der Waals surface area contributed by atoms with Gasteiger partial charge in [0.2, 0.25) is 0 Å². The molecule has 1 saturated carbocycles. The number of rotatable bonds is 4. The second-order valence-corrected chi connectivity index (χ2v) is 5.77. The van der Waals surface area contributed by atoms with Gasteiger partial charge >= 0.3 is 0 Å². The van der Waals surface area contributed by atoms with E-state index in [0.717, 1.165) is 19.7 Å². The van der Waals surface area contributed by atoms with E-state index in [-0.39, 0.29) is 0 Å². The SMILES string of the molecule is NC(=NCCOC1CCCCCC1)N1CCCCC1. The van der Waals surface area contributed by atoms with E-state index in [1.165, 1.54) is 57.8 Å². The molecule has 2 rings (SSSR count). The zero-order chi connectivity index (χ0) is 13.3. The van der Waals surface area contributed by atoms with Crippen LogP contribution in [0.25, 0.3) is 0 Å². The van der Waals surface area contributed by atoms with Crippen molar-refractivity contribution in [1.29, 1.82) is 0 Å². The molecule has 0 spiro atoms. The van der Waals surface area contributed by atoms with Gasteiger partial charge in [0.25, 0.3) is 0 Å². The van der Waals surface area contributed by atoms with Crippen LogP contribution in [0.5, 0.6) is 0 Å². The van der Waals surface area contributed by atoms with Crippen LogP contribution < -0.4 is 5.73 Å². The van der Waals surface area contributed by atoms with Gasteiger partial charge in [0.15, 0.2) is 5.96 Å². The van der Waals surface area contributed by atoms with Gasteiger partial charge in [-0.3, -0.25) is 4.99 Å². The molecule has 0 aromatic rings. The summed E-state index contributed by atoms with van der Waals surface area (Å²) in [5.41, 5.74) is 6.01. The number of piperidine rings is 1. The van der Waals surface area contributed by atoms with Gasteiger partial charge < -0.3 is 15.4 Å². The quantitative estimate of drug-likeness (QED) is 0.368. The lowest BCUT2D eigenvalue weighted by molar-refractivity contribution is 0.0486. The molecule has 0 radical (unpaired) electrons. The van der Waals surface area contributed by atoms with Gasteiger partial charge in [-0.25, -0.2) is 0 Å². The summed E-state index contributed by atoms with van der Waals surface area (Å²) < 4.78 is 5.92. The van der Waals surface area contributed by atoms with Gasteiger partial charge in [-0.15, -0.1) is 0 Å². The summed E-state index contributed by atoms with van der Waals surface area (Å²) in [6.07, 6.45) is 12.1. The van der Waals surface area contributed by atoms with Crippen LogP contribution >= 0.6 is 0 Å². The Balaban J connectivity index is 1.61. The first-order chi connectivity index (χ1) is 9.36. The number of hydrogen-bond donors (Lipinski definition) is 1. The number of hydrogen-bond acceptors (Lipinski definition) is 2. The Morgan fingerprint density at radius 2 is 1.63 bits per heavy atom. The van der Waals surface area contributed by atoms with Crippen molar-refractivity contribution >= 4 is 5.96 Å². The highest BCUT2D eigenvalue weighted by molar-refractivity contribution is 5.78. The van der Waals surface area contributed by atoms with Gasteiger partial charge in [-0.2, -0.15) is 0 Å². The molecule has 110 valence electrons. The number of guanidine groups is 1. The Kier molecular flexibility index (Phi) is 6.48. The molecule has 0 atom stereocenters. The molecule has 4 heteroatoms. The number of ether oxygens (including phenoxy) is 1. The predicted molar refractivity (Wildman–Crippen MR) is 79.4 cm³/mol. The highest BCUT2D eigenvalue weighted by Gasteiger charge is 2.13. The molecule has 2 fully saturated rings. The second kappa shape index (κ2) is 8.41. The molecule has 0 aromatic heterocycles. The molecule has 19 heavy (non-hydrogen) atoms. The lowest BCUT2D eigenvalue weighted by Crippen LogP contribution is -2.41. The molecule has 1 saturated heterocycles. The lowest BCUT2D eigenvalue weighted by Gasteiger charge is -2.27. The zero-order valence-corrected chi connectivity index (χ0v) is 12.1. The molecule has 2 N–H and O–H groups in total. The van der Waals surface area contributed by atoms with Crippen LogP contribution in [0, 0.1) is 0 Å². The largest absolute Gasteiger partial charge is 0.376 e. The summed E-state index contributed by atoms with van der Waals surface area (Å²) in [6.45, 7) is 3.57. The monoisotopic (exact) mass is 267 g/mol. The Hall–Kier alpha value is -0.770. The molecule has 0 unspecified atom stereocenters. The fourth-order valence-electron chi connectivity index (χ4n) is 3.01. The Morgan fingerprint density at radius 3 is 2.32 bits per heavy atom. The maximum absolute atomic E-state index is 6.01. The normalized spacial score (nSPS) is 23.4. The predicted octanol–water partition coefficient (Wildman–Crippen LogP) is 2.53. The number of nitrogens with zero attached hydrogens (tertiary/aromatic N) is 2. The van der Waals surface area contributed by atoms with E-state index < -0.39 is 0 Å². The number of nitrogens with two attached hydrogens (primary N) is 1. The molecule has 1 aliphatic carbocycles. The average Bonchev–Trinajstić information content (AvgIpc) is 2.73. The summed E-state index contributed by atoms with van der Waals surface area (Å²) in [4.78, 5) is 6.65. The third kappa shape index (κ3) is 5.39. The topological polar surface area (TPSA) is 50.9 Å². The van der Waals surface area contributed by atoms with Gasteiger partial charge in [-0.05, 0) is 32.1 Å². The summed E-state index contributed by atoms with van der Waals surface area (Å²) in [5.74, 6) is 0.712. The number of likely N-dealkylation sites (tertiary alicyclic amines) is 1. The summed E-state index contributed by atoms with van der Waals surface area (Å²) in [6, 6.07) is 0. The van der Waals surface area contributed by atoms with E-state index in [1.807, 2.05) is 0 Å². The first-order valence-corrected chi connectivity index (χ1v) is 8.03. The van der Waals surface area contributed by atoms with Crippen molar-refractivity contribution < 1.29 is 4.74 Å². The van der Waals surface area contributed by atoms with Crippen LogP contribution in [0.15, 0.2) is 4.99 Å². The van der Waals surface area contributed by atoms with Crippen molar-refractivity contribution in [3.8, 4) is 0 Å². The molecule has 0 bridgehead atoms. The standard InChI is InChI=1S/C15H29N3O/c16-15(18-11-6-3-7-12-18)17-10-13-19-14-8-4-1-2-5-9-14/h14H,1-13H2,(H2,16,17). The van der Waals surface area contributed by atoms with Crippen molar-refractivity contribution in [2.75, 3.05) is 26.2 Å². The van der Waals surface area contributed by atoms with E-state index in [1.54, 1.807) is 0 Å². The van der Waals surface area contributed by atoms with Crippen LogP contribution in [-0.4, -0.2) is 43.2 Å². The maximum atomic E-state index is 6.01. The minimum absolute atomic E-state index is 0.467. The third-order valence-electron chi connectivity index (χ3n) is 4.20. The Morgan fingerprint density at radius 1 is 1.00 bits per heavy atom. The second-order valence-electron chi connectivity index (χ2n) is 5.77. The van der Waals surface area contributed by atoms with Crippen LogP contribution in [0.2, 0.25) is 0 Å². The minimum Gasteiger partial charge on any atom is -0.376 e. The van der Waals surface area contributed by atoms with Crippen molar-refractivity contribution in [1.82, 2.24) is 4.90 Å². The Labute approximate surface area is 117 Å². The minimum atomic E-state index is 0.467. The first kappa shape index (κ1) is 14.6. The molecular formula is C15H29N3O. The average molecular weight is 267 g/mol. The summed E-state index contributed by atoms with van der Waals surface area (Å²) in [5, 5.41) is 0. The molecule has 4 nitrogen and oxygen atoms in total. The first-order valence-electron chi connectivity index (χ1n) is 8.03. The molecule has 2 aliphatic rings. The van der Waals surface area contributed by atoms with Crippen LogP contribution in [0.1, 0.15) is 57.8 Å². The van der Waals surface area contributed by atoms with Crippen molar-refractivity contribution in [3.63, 3.8) is 0 Å². The zero-order valence-electron chi connectivity index (χ0n) is 12.1. The number of aliphatic imine (C=N–C) groups is 1. The molecule has 0 amide bonds. The summed E-state index contributed by atoms with van der Waals surface area (Å²) >= 11 is 0. The smallest absolute Gasteiger partial charge is 0.191 e. The third-order valence-corrected chi connectivity index (χ3v) is 4.20. The Bertz CT molecular complexity index is 267. The molecular weight excluding hydrogens is 238 g/mol. The van der Waals surface area contributed by atoms with Crippen molar-refractivity contribution in [3.05, 3.63) is 0 Å². The maximum Gasteiger partial charge on any atom is 0.191 e. The van der Waals surface area contributed by atoms with Crippen LogP contribution in [-0.2, 0) is 4.74 Å². The van der Waals surface area contributed by atoms with Gasteiger partial charge in [-0.1, -0.05) is 25.7 Å². The highest BCUT2D eigenvalue weighted by Crippen LogP contribution is 2.19. The van der Waals surface area contributed by atoms with Crippen molar-refractivity contribution in [2.45, 2.75) is 63.9 Å². The van der Waals surface area contributed by atoms with Crippen molar-refractivity contribution in [2.24, 2.45) is 10.7 Å². The van der Waals surface area contributed by atoms with Gasteiger partial charge in [0.1, 0.15) is 0 Å². The highest BCUT2D eigenvalue weighted by atomic mass is 16.5. The molecule has 1 aliphatic heterocycles. The van der Waals surface area contributed by atoms with E-state index in [9.17, 15) is 0 Å². The van der Waals surface area contributed by atoms with E-state index in [0.29, 0.717) is 18.6 Å². The fraction of sp³-hybridized carbons (Fsp3) is 0.933. The lowest BCUT2D eigenvalue weighted by atomic mass is 10.1. The van der Waals surface area contributed by atoms with Gasteiger partial charge in [0.05, 0.1) is 19.3 Å². The van der Waals surface area contributed by atoms with E-state index in [2.05, 4.69) is 9.89 Å². The fourth-order valence-corrected chi connectivity index (χ4v) is 3.01. The van der Waals surface area contributed by atoms with Gasteiger partial charge in [0, 0.05) is 13.1 Å². The molecule has 1 heterocycles.